The van der Waals surface area contributed by atoms with Gasteiger partial charge in [-0.1, -0.05) is 6.07 Å². The van der Waals surface area contributed by atoms with E-state index in [-0.39, 0.29) is 24.8 Å². The van der Waals surface area contributed by atoms with Gasteiger partial charge in [-0.15, -0.1) is 0 Å². The third-order valence-corrected chi connectivity index (χ3v) is 3.42. The molecule has 1 aromatic heterocycles. The minimum atomic E-state index is -0.156. The van der Waals surface area contributed by atoms with Crippen LogP contribution in [0.2, 0.25) is 0 Å². The molecule has 1 aliphatic rings. The molecule has 1 fully saturated rings. The molecule has 1 heterocycles. The van der Waals surface area contributed by atoms with E-state index in [2.05, 4.69) is 20.6 Å². The van der Waals surface area contributed by atoms with Gasteiger partial charge in [0.15, 0.2) is 0 Å². The lowest BCUT2D eigenvalue weighted by Gasteiger charge is -2.06. The highest BCUT2D eigenvalue weighted by Gasteiger charge is 2.23. The highest BCUT2D eigenvalue weighted by molar-refractivity contribution is 5.86. The Morgan fingerprint density at radius 3 is 2.90 bits per heavy atom. The number of aromatic amines is 1. The van der Waals surface area contributed by atoms with E-state index in [0.29, 0.717) is 6.04 Å². The summed E-state index contributed by atoms with van der Waals surface area (Å²) in [7, 11) is 0. The van der Waals surface area contributed by atoms with E-state index in [4.69, 9.17) is 0 Å². The van der Waals surface area contributed by atoms with Gasteiger partial charge in [0, 0.05) is 6.04 Å². The Bertz CT molecular complexity index is 688. The first kappa shape index (κ1) is 13.6. The van der Waals surface area contributed by atoms with Crippen LogP contribution in [0.5, 0.6) is 0 Å². The fourth-order valence-electron chi connectivity index (χ4n) is 2.23. The van der Waals surface area contributed by atoms with Crippen molar-refractivity contribution in [1.29, 1.82) is 0 Å². The van der Waals surface area contributed by atoms with Crippen molar-refractivity contribution in [2.24, 2.45) is 0 Å². The molecular weight excluding hydrogens is 268 g/mol. The van der Waals surface area contributed by atoms with Gasteiger partial charge < -0.3 is 15.6 Å². The van der Waals surface area contributed by atoms with Crippen LogP contribution in [0.25, 0.3) is 11.0 Å². The Kier molecular flexibility index (Phi) is 3.60. The van der Waals surface area contributed by atoms with E-state index < -0.39 is 0 Å². The second kappa shape index (κ2) is 5.55. The normalized spacial score (nSPS) is 14.1. The molecule has 0 aliphatic heterocycles. The van der Waals surface area contributed by atoms with Crippen LogP contribution in [0.15, 0.2) is 18.2 Å². The zero-order valence-electron chi connectivity index (χ0n) is 11.9. The Morgan fingerprint density at radius 1 is 1.33 bits per heavy atom. The minimum Gasteiger partial charge on any atom is -0.352 e. The van der Waals surface area contributed by atoms with Gasteiger partial charge in [-0.25, -0.2) is 4.98 Å². The van der Waals surface area contributed by atoms with Gasteiger partial charge in [0.05, 0.1) is 24.0 Å². The highest BCUT2D eigenvalue weighted by atomic mass is 16.2. The topological polar surface area (TPSA) is 86.9 Å². The monoisotopic (exact) mass is 286 g/mol. The van der Waals surface area contributed by atoms with Crippen LogP contribution in [0.1, 0.15) is 24.2 Å². The SMILES string of the molecule is Cc1nc2ccc(CC(=O)NCC(=O)NC3CC3)cc2[nH]1. The number of aryl methyl sites for hydroxylation is 1. The Balaban J connectivity index is 1.53. The Labute approximate surface area is 122 Å². The fraction of sp³-hybridized carbons (Fsp3) is 0.400. The number of imidazole rings is 1. The number of carbonyl (C=O) groups is 2. The summed E-state index contributed by atoms with van der Waals surface area (Å²) in [6.07, 6.45) is 2.34. The summed E-state index contributed by atoms with van der Waals surface area (Å²) in [6, 6.07) is 6.01. The smallest absolute Gasteiger partial charge is 0.239 e. The number of amides is 2. The maximum atomic E-state index is 11.8. The average Bonchev–Trinajstić information content (AvgIpc) is 3.16. The second-order valence-corrected chi connectivity index (χ2v) is 5.47. The molecule has 0 spiro atoms. The van der Waals surface area contributed by atoms with Crippen molar-refractivity contribution in [1.82, 2.24) is 20.6 Å². The molecule has 1 aromatic carbocycles. The summed E-state index contributed by atoms with van der Waals surface area (Å²) in [5.41, 5.74) is 2.70. The van der Waals surface area contributed by atoms with Crippen molar-refractivity contribution in [2.45, 2.75) is 32.2 Å². The molecule has 1 aliphatic carbocycles. The molecule has 3 N–H and O–H groups in total. The van der Waals surface area contributed by atoms with Crippen LogP contribution in [-0.4, -0.2) is 34.4 Å². The number of H-pyrrole nitrogens is 1. The molecule has 0 atom stereocenters. The van der Waals surface area contributed by atoms with Crippen LogP contribution in [0, 0.1) is 6.92 Å². The number of aromatic nitrogens is 2. The quantitative estimate of drug-likeness (QED) is 0.760. The maximum absolute atomic E-state index is 11.8. The molecule has 6 nitrogen and oxygen atoms in total. The van der Waals surface area contributed by atoms with Gasteiger partial charge in [-0.3, -0.25) is 9.59 Å². The number of carbonyl (C=O) groups excluding carboxylic acids is 2. The number of nitrogens with zero attached hydrogens (tertiary/aromatic N) is 1. The molecule has 0 unspecified atom stereocenters. The lowest BCUT2D eigenvalue weighted by atomic mass is 10.1. The Hall–Kier alpha value is -2.37. The van der Waals surface area contributed by atoms with Gasteiger partial charge in [0.1, 0.15) is 5.82 Å². The van der Waals surface area contributed by atoms with E-state index in [9.17, 15) is 9.59 Å². The molecule has 0 saturated heterocycles. The molecule has 0 radical (unpaired) electrons. The summed E-state index contributed by atoms with van der Waals surface area (Å²) in [5.74, 6) is 0.574. The molecule has 1 saturated carbocycles. The lowest BCUT2D eigenvalue weighted by Crippen LogP contribution is -2.38. The summed E-state index contributed by atoms with van der Waals surface area (Å²) >= 11 is 0. The van der Waals surface area contributed by atoms with Crippen LogP contribution >= 0.6 is 0 Å². The number of benzene rings is 1. The first-order valence-corrected chi connectivity index (χ1v) is 7.11. The minimum absolute atomic E-state index is 0.0424. The van der Waals surface area contributed by atoms with Crippen molar-refractivity contribution in [3.8, 4) is 0 Å². The van der Waals surface area contributed by atoms with Gasteiger partial charge in [0.25, 0.3) is 0 Å². The van der Waals surface area contributed by atoms with Crippen LogP contribution in [0.3, 0.4) is 0 Å². The molecule has 2 amide bonds. The van der Waals surface area contributed by atoms with Crippen molar-refractivity contribution in [2.75, 3.05) is 6.54 Å². The first-order chi connectivity index (χ1) is 10.1. The molecule has 6 heteroatoms. The van der Waals surface area contributed by atoms with E-state index >= 15 is 0 Å². The predicted octanol–water partition coefficient (Wildman–Crippen LogP) is 0.809. The third kappa shape index (κ3) is 3.59. The summed E-state index contributed by atoms with van der Waals surface area (Å²) in [5, 5.41) is 5.47. The Morgan fingerprint density at radius 2 is 2.14 bits per heavy atom. The number of fused-ring (bicyclic) bond motifs is 1. The molecule has 3 rings (SSSR count). The van der Waals surface area contributed by atoms with Gasteiger partial charge >= 0.3 is 0 Å². The van der Waals surface area contributed by atoms with E-state index in [1.54, 1.807) is 0 Å². The van der Waals surface area contributed by atoms with Crippen molar-refractivity contribution >= 4 is 22.8 Å². The van der Waals surface area contributed by atoms with Crippen LogP contribution in [-0.2, 0) is 16.0 Å². The molecular formula is C15H18N4O2. The maximum Gasteiger partial charge on any atom is 0.239 e. The molecule has 0 bridgehead atoms. The van der Waals surface area contributed by atoms with Crippen molar-refractivity contribution in [3.63, 3.8) is 0 Å². The van der Waals surface area contributed by atoms with Crippen LogP contribution < -0.4 is 10.6 Å². The van der Waals surface area contributed by atoms with Crippen molar-refractivity contribution in [3.05, 3.63) is 29.6 Å². The van der Waals surface area contributed by atoms with Crippen LogP contribution in [0.4, 0.5) is 0 Å². The van der Waals surface area contributed by atoms with E-state index in [1.165, 1.54) is 0 Å². The first-order valence-electron chi connectivity index (χ1n) is 7.11. The molecule has 110 valence electrons. The zero-order valence-corrected chi connectivity index (χ0v) is 11.9. The number of hydrogen-bond donors (Lipinski definition) is 3. The van der Waals surface area contributed by atoms with Crippen molar-refractivity contribution < 1.29 is 9.59 Å². The zero-order chi connectivity index (χ0) is 14.8. The number of rotatable bonds is 5. The third-order valence-electron chi connectivity index (χ3n) is 3.42. The summed E-state index contributed by atoms with van der Waals surface area (Å²) < 4.78 is 0. The van der Waals surface area contributed by atoms with E-state index in [0.717, 1.165) is 35.3 Å². The standard InChI is InChI=1S/C15H18N4O2/c1-9-17-12-5-2-10(6-13(12)18-9)7-14(20)16-8-15(21)19-11-3-4-11/h2,5-6,11H,3-4,7-8H2,1H3,(H,16,20)(H,17,18)(H,19,21). The predicted molar refractivity (Wildman–Crippen MR) is 78.7 cm³/mol. The largest absolute Gasteiger partial charge is 0.352 e. The number of nitrogens with one attached hydrogen (secondary N) is 3. The fourth-order valence-corrected chi connectivity index (χ4v) is 2.23. The molecule has 21 heavy (non-hydrogen) atoms. The lowest BCUT2D eigenvalue weighted by molar-refractivity contribution is -0.125. The highest BCUT2D eigenvalue weighted by Crippen LogP contribution is 2.18. The summed E-state index contributed by atoms with van der Waals surface area (Å²) in [6.45, 7) is 1.94. The van der Waals surface area contributed by atoms with E-state index in [1.807, 2.05) is 25.1 Å². The number of hydrogen-bond acceptors (Lipinski definition) is 3. The van der Waals surface area contributed by atoms with Gasteiger partial charge in [-0.05, 0) is 37.5 Å². The second-order valence-electron chi connectivity index (χ2n) is 5.47. The van der Waals surface area contributed by atoms with Gasteiger partial charge in [0.2, 0.25) is 11.8 Å². The van der Waals surface area contributed by atoms with Gasteiger partial charge in [-0.2, -0.15) is 0 Å². The molecule has 2 aromatic rings. The summed E-state index contributed by atoms with van der Waals surface area (Å²) in [4.78, 5) is 30.8. The average molecular weight is 286 g/mol.